The van der Waals surface area contributed by atoms with E-state index in [0.717, 1.165) is 28.7 Å². The highest BCUT2D eigenvalue weighted by molar-refractivity contribution is 9.10. The maximum Gasteiger partial charge on any atom is 0.101 e. The summed E-state index contributed by atoms with van der Waals surface area (Å²) in [5, 5.41) is 9.16. The minimum atomic E-state index is 0.660. The van der Waals surface area contributed by atoms with Gasteiger partial charge in [0, 0.05) is 17.1 Å². The Bertz CT molecular complexity index is 418. The number of hydrogen-bond acceptors (Lipinski definition) is 2. The largest absolute Gasteiger partial charge is 0.367 e. The summed E-state index contributed by atoms with van der Waals surface area (Å²) in [7, 11) is 0. The van der Waals surface area contributed by atoms with Gasteiger partial charge in [0.15, 0.2) is 0 Å². The molecule has 0 aliphatic heterocycles. The molecule has 0 bridgehead atoms. The average Bonchev–Trinajstić information content (AvgIpc) is 3.10. The number of hydrogen-bond donors (Lipinski definition) is 0. The molecule has 0 unspecified atom stereocenters. The van der Waals surface area contributed by atoms with Crippen molar-refractivity contribution in [1.82, 2.24) is 0 Å². The molecule has 1 aromatic carbocycles. The zero-order valence-corrected chi connectivity index (χ0v) is 11.0. The van der Waals surface area contributed by atoms with Crippen molar-refractivity contribution < 1.29 is 0 Å². The summed E-state index contributed by atoms with van der Waals surface area (Å²) in [6, 6.07) is 8.92. The molecule has 2 rings (SSSR count). The van der Waals surface area contributed by atoms with Crippen LogP contribution in [0.5, 0.6) is 0 Å². The summed E-state index contributed by atoms with van der Waals surface area (Å²) in [4.78, 5) is 2.38. The maximum absolute atomic E-state index is 9.16. The number of benzene rings is 1. The minimum Gasteiger partial charge on any atom is -0.367 e. The second-order valence-electron chi connectivity index (χ2n) is 4.20. The van der Waals surface area contributed by atoms with Crippen molar-refractivity contribution in [2.45, 2.75) is 32.2 Å². The molecule has 1 saturated carbocycles. The van der Waals surface area contributed by atoms with E-state index in [1.807, 2.05) is 12.1 Å². The van der Waals surface area contributed by atoms with Crippen molar-refractivity contribution in [1.29, 1.82) is 5.26 Å². The first-order chi connectivity index (χ1) is 7.76. The van der Waals surface area contributed by atoms with Crippen molar-refractivity contribution in [3.8, 4) is 6.07 Å². The monoisotopic (exact) mass is 278 g/mol. The van der Waals surface area contributed by atoms with Gasteiger partial charge < -0.3 is 4.90 Å². The van der Waals surface area contributed by atoms with E-state index >= 15 is 0 Å². The van der Waals surface area contributed by atoms with Gasteiger partial charge in [0.05, 0.1) is 11.3 Å². The van der Waals surface area contributed by atoms with E-state index in [1.54, 1.807) is 0 Å². The van der Waals surface area contributed by atoms with E-state index in [2.05, 4.69) is 39.9 Å². The number of nitriles is 1. The highest BCUT2D eigenvalue weighted by Crippen LogP contribution is 2.34. The van der Waals surface area contributed by atoms with Gasteiger partial charge in [-0.05, 0) is 37.5 Å². The second-order valence-corrected chi connectivity index (χ2v) is 5.11. The van der Waals surface area contributed by atoms with Crippen molar-refractivity contribution in [3.05, 3.63) is 28.2 Å². The number of rotatable bonds is 4. The lowest BCUT2D eigenvalue weighted by Gasteiger charge is -2.25. The predicted molar refractivity (Wildman–Crippen MR) is 69.5 cm³/mol. The zero-order valence-electron chi connectivity index (χ0n) is 9.41. The first-order valence-electron chi connectivity index (χ1n) is 5.72. The molecule has 1 aliphatic carbocycles. The van der Waals surface area contributed by atoms with Crippen LogP contribution in [0.25, 0.3) is 0 Å². The predicted octanol–water partition coefficient (Wildman–Crippen LogP) is 3.70. The van der Waals surface area contributed by atoms with Gasteiger partial charge in [0.1, 0.15) is 6.07 Å². The Labute approximate surface area is 105 Å². The molecule has 1 fully saturated rings. The van der Waals surface area contributed by atoms with Crippen LogP contribution in [0.15, 0.2) is 22.7 Å². The first-order valence-corrected chi connectivity index (χ1v) is 6.52. The zero-order chi connectivity index (χ0) is 11.5. The topological polar surface area (TPSA) is 27.0 Å². The van der Waals surface area contributed by atoms with E-state index < -0.39 is 0 Å². The second kappa shape index (κ2) is 4.88. The maximum atomic E-state index is 9.16. The third-order valence-electron chi connectivity index (χ3n) is 2.84. The number of anilines is 1. The third kappa shape index (κ3) is 2.38. The van der Waals surface area contributed by atoms with Gasteiger partial charge in [-0.3, -0.25) is 0 Å². The molecule has 1 aromatic rings. The van der Waals surface area contributed by atoms with Crippen molar-refractivity contribution in [3.63, 3.8) is 0 Å². The standard InChI is InChI=1S/C13H15BrN2/c1-2-7-16(12-4-5-12)13-6-3-11(14)8-10(13)9-15/h3,6,8,12H,2,4-5,7H2,1H3. The van der Waals surface area contributed by atoms with Crippen LogP contribution in [-0.2, 0) is 0 Å². The van der Waals surface area contributed by atoms with E-state index in [9.17, 15) is 0 Å². The van der Waals surface area contributed by atoms with E-state index in [4.69, 9.17) is 5.26 Å². The molecule has 0 aromatic heterocycles. The number of halogens is 1. The lowest BCUT2D eigenvalue weighted by molar-refractivity contribution is 0.762. The molecule has 0 spiro atoms. The van der Waals surface area contributed by atoms with Crippen molar-refractivity contribution in [2.24, 2.45) is 0 Å². The molecule has 2 nitrogen and oxygen atoms in total. The summed E-state index contributed by atoms with van der Waals surface area (Å²) in [6.45, 7) is 3.22. The Morgan fingerprint density at radius 3 is 2.81 bits per heavy atom. The van der Waals surface area contributed by atoms with Crippen molar-refractivity contribution >= 4 is 21.6 Å². The summed E-state index contributed by atoms with van der Waals surface area (Å²) in [5.41, 5.74) is 1.87. The van der Waals surface area contributed by atoms with Crippen LogP contribution >= 0.6 is 15.9 Å². The van der Waals surface area contributed by atoms with Gasteiger partial charge in [-0.15, -0.1) is 0 Å². The molecule has 0 atom stereocenters. The molecule has 0 saturated heterocycles. The highest BCUT2D eigenvalue weighted by atomic mass is 79.9. The summed E-state index contributed by atoms with van der Waals surface area (Å²) in [5.74, 6) is 0. The van der Waals surface area contributed by atoms with Crippen LogP contribution in [0.4, 0.5) is 5.69 Å². The van der Waals surface area contributed by atoms with Gasteiger partial charge in [-0.25, -0.2) is 0 Å². The van der Waals surface area contributed by atoms with E-state index in [1.165, 1.54) is 12.8 Å². The van der Waals surface area contributed by atoms with Gasteiger partial charge in [-0.2, -0.15) is 5.26 Å². The Balaban J connectivity index is 2.33. The Morgan fingerprint density at radius 2 is 2.25 bits per heavy atom. The van der Waals surface area contributed by atoms with Crippen LogP contribution in [0.1, 0.15) is 31.7 Å². The van der Waals surface area contributed by atoms with Gasteiger partial charge in [-0.1, -0.05) is 22.9 Å². The fraction of sp³-hybridized carbons (Fsp3) is 0.462. The smallest absolute Gasteiger partial charge is 0.101 e. The molecular formula is C13H15BrN2. The quantitative estimate of drug-likeness (QED) is 0.840. The van der Waals surface area contributed by atoms with Gasteiger partial charge in [0.25, 0.3) is 0 Å². The lowest BCUT2D eigenvalue weighted by Crippen LogP contribution is -2.27. The number of nitrogens with zero attached hydrogens (tertiary/aromatic N) is 2. The van der Waals surface area contributed by atoms with Gasteiger partial charge >= 0.3 is 0 Å². The van der Waals surface area contributed by atoms with Crippen molar-refractivity contribution in [2.75, 3.05) is 11.4 Å². The SMILES string of the molecule is CCCN(c1ccc(Br)cc1C#N)C1CC1. The molecular weight excluding hydrogens is 264 g/mol. The molecule has 1 aliphatic rings. The third-order valence-corrected chi connectivity index (χ3v) is 3.33. The Kier molecular flexibility index (Phi) is 3.50. The molecule has 3 heteroatoms. The van der Waals surface area contributed by atoms with Crippen LogP contribution in [0.3, 0.4) is 0 Å². The minimum absolute atomic E-state index is 0.660. The average molecular weight is 279 g/mol. The normalized spacial score (nSPS) is 14.6. The van der Waals surface area contributed by atoms with Gasteiger partial charge in [0.2, 0.25) is 0 Å². The fourth-order valence-electron chi connectivity index (χ4n) is 1.98. The molecule has 0 N–H and O–H groups in total. The van der Waals surface area contributed by atoms with Crippen LogP contribution < -0.4 is 4.90 Å². The lowest BCUT2D eigenvalue weighted by atomic mass is 10.1. The highest BCUT2D eigenvalue weighted by Gasteiger charge is 2.29. The fourth-order valence-corrected chi connectivity index (χ4v) is 2.34. The molecule has 0 amide bonds. The Morgan fingerprint density at radius 1 is 1.50 bits per heavy atom. The molecule has 84 valence electrons. The van der Waals surface area contributed by atoms with Crippen LogP contribution in [0, 0.1) is 11.3 Å². The van der Waals surface area contributed by atoms with Crippen LogP contribution in [0.2, 0.25) is 0 Å². The van der Waals surface area contributed by atoms with E-state index in [-0.39, 0.29) is 0 Å². The first kappa shape index (κ1) is 11.5. The van der Waals surface area contributed by atoms with Crippen LogP contribution in [-0.4, -0.2) is 12.6 Å². The Hall–Kier alpha value is -1.01. The van der Waals surface area contributed by atoms with E-state index in [0.29, 0.717) is 6.04 Å². The summed E-state index contributed by atoms with van der Waals surface area (Å²) >= 11 is 3.41. The molecule has 0 radical (unpaired) electrons. The molecule has 16 heavy (non-hydrogen) atoms. The molecule has 0 heterocycles. The summed E-state index contributed by atoms with van der Waals surface area (Å²) < 4.78 is 0.972. The summed E-state index contributed by atoms with van der Waals surface area (Å²) in [6.07, 6.45) is 3.65.